The van der Waals surface area contributed by atoms with Crippen LogP contribution in [-0.4, -0.2) is 12.1 Å². The highest BCUT2D eigenvalue weighted by molar-refractivity contribution is 7.22. The number of fused-ring (bicyclic) bond motifs is 2. The van der Waals surface area contributed by atoms with Gasteiger partial charge in [0.25, 0.3) is 5.91 Å². The molecule has 5 heteroatoms. The van der Waals surface area contributed by atoms with E-state index in [-0.39, 0.29) is 5.91 Å². The van der Waals surface area contributed by atoms with E-state index in [9.17, 15) is 4.79 Å². The number of hydrogen-bond acceptors (Lipinski definition) is 4. The summed E-state index contributed by atoms with van der Waals surface area (Å²) in [7, 11) is 0. The third-order valence-corrected chi connectivity index (χ3v) is 6.48. The van der Waals surface area contributed by atoms with E-state index in [2.05, 4.69) is 46.7 Å². The maximum absolute atomic E-state index is 12.4. The summed E-state index contributed by atoms with van der Waals surface area (Å²) in [6.45, 7) is 0.693. The van der Waals surface area contributed by atoms with Crippen LogP contribution in [0, 0.1) is 0 Å². The summed E-state index contributed by atoms with van der Waals surface area (Å²) >= 11 is 3.22. The van der Waals surface area contributed by atoms with Crippen molar-refractivity contribution in [1.82, 2.24) is 0 Å². The summed E-state index contributed by atoms with van der Waals surface area (Å²) in [5.41, 5.74) is 4.28. The molecule has 1 N–H and O–H groups in total. The lowest BCUT2D eigenvalue weighted by Gasteiger charge is -2.11. The first-order valence-corrected chi connectivity index (χ1v) is 9.98. The van der Waals surface area contributed by atoms with Crippen molar-refractivity contribution in [2.75, 3.05) is 5.32 Å². The largest absolute Gasteiger partial charge is 0.321 e. The van der Waals surface area contributed by atoms with Crippen LogP contribution in [0.25, 0.3) is 20.5 Å². The summed E-state index contributed by atoms with van der Waals surface area (Å²) in [5, 5.41) is 6.19. The molecule has 3 heterocycles. The standard InChI is InChI=1S/C21H14N2OS2/c24-21(19-6-3-7-25-19)23-15-8-14-11-22-12-17(14)16(10-15)20-9-13-4-1-2-5-18(13)26-20/h1-11H,12H2,(H,23,24). The van der Waals surface area contributed by atoms with Gasteiger partial charge in [0.15, 0.2) is 0 Å². The van der Waals surface area contributed by atoms with E-state index in [4.69, 9.17) is 0 Å². The second-order valence-electron chi connectivity index (χ2n) is 6.14. The molecule has 0 atom stereocenters. The van der Waals surface area contributed by atoms with Crippen molar-refractivity contribution in [3.05, 3.63) is 76.0 Å². The van der Waals surface area contributed by atoms with Crippen LogP contribution in [0.5, 0.6) is 0 Å². The molecule has 0 saturated carbocycles. The van der Waals surface area contributed by atoms with Crippen molar-refractivity contribution in [2.45, 2.75) is 6.54 Å². The van der Waals surface area contributed by atoms with Crippen LogP contribution in [0.2, 0.25) is 0 Å². The molecule has 26 heavy (non-hydrogen) atoms. The van der Waals surface area contributed by atoms with Crippen molar-refractivity contribution in [3.63, 3.8) is 0 Å². The first-order valence-electron chi connectivity index (χ1n) is 8.28. The molecule has 0 unspecified atom stereocenters. The van der Waals surface area contributed by atoms with Crippen molar-refractivity contribution in [1.29, 1.82) is 0 Å². The molecule has 0 spiro atoms. The molecule has 2 aromatic carbocycles. The van der Waals surface area contributed by atoms with Gasteiger partial charge in [-0.25, -0.2) is 0 Å². The second kappa shape index (κ2) is 6.20. The number of rotatable bonds is 3. The van der Waals surface area contributed by atoms with Crippen LogP contribution >= 0.6 is 22.7 Å². The van der Waals surface area contributed by atoms with E-state index in [0.29, 0.717) is 11.4 Å². The lowest BCUT2D eigenvalue weighted by atomic mass is 10.0. The third kappa shape index (κ3) is 2.66. The molecule has 0 saturated heterocycles. The molecule has 2 aromatic heterocycles. The fourth-order valence-electron chi connectivity index (χ4n) is 3.23. The normalized spacial score (nSPS) is 12.5. The number of nitrogens with zero attached hydrogens (tertiary/aromatic N) is 1. The van der Waals surface area contributed by atoms with Gasteiger partial charge in [0.2, 0.25) is 0 Å². The number of thiophene rings is 2. The molecule has 1 aliphatic heterocycles. The fraction of sp³-hybridized carbons (Fsp3) is 0.0476. The number of carbonyl (C=O) groups is 1. The number of benzene rings is 2. The Morgan fingerprint density at radius 2 is 2.00 bits per heavy atom. The SMILES string of the molecule is O=C(Nc1cc2c(c(-c3cc4ccccc4s3)c1)CN=C2)c1cccs1. The van der Waals surface area contributed by atoms with Crippen molar-refractivity contribution >= 4 is 50.6 Å². The summed E-state index contributed by atoms with van der Waals surface area (Å²) in [5.74, 6) is -0.0721. The van der Waals surface area contributed by atoms with Gasteiger partial charge in [-0.15, -0.1) is 22.7 Å². The van der Waals surface area contributed by atoms with E-state index in [1.165, 1.54) is 31.9 Å². The first kappa shape index (κ1) is 15.5. The number of hydrogen-bond donors (Lipinski definition) is 1. The van der Waals surface area contributed by atoms with Crippen LogP contribution < -0.4 is 5.32 Å². The zero-order chi connectivity index (χ0) is 17.5. The van der Waals surface area contributed by atoms with Gasteiger partial charge in [-0.1, -0.05) is 24.3 Å². The van der Waals surface area contributed by atoms with Crippen LogP contribution in [0.3, 0.4) is 0 Å². The zero-order valence-electron chi connectivity index (χ0n) is 13.7. The van der Waals surface area contributed by atoms with Gasteiger partial charge in [-0.3, -0.25) is 9.79 Å². The summed E-state index contributed by atoms with van der Waals surface area (Å²) in [4.78, 5) is 18.8. The second-order valence-corrected chi connectivity index (χ2v) is 8.17. The lowest BCUT2D eigenvalue weighted by molar-refractivity contribution is 0.103. The highest BCUT2D eigenvalue weighted by Gasteiger charge is 2.18. The zero-order valence-corrected chi connectivity index (χ0v) is 15.4. The maximum Gasteiger partial charge on any atom is 0.265 e. The molecule has 0 bridgehead atoms. The van der Waals surface area contributed by atoms with E-state index in [0.717, 1.165) is 16.8 Å². The Bertz CT molecular complexity index is 1120. The summed E-state index contributed by atoms with van der Waals surface area (Å²) < 4.78 is 1.27. The topological polar surface area (TPSA) is 41.5 Å². The van der Waals surface area contributed by atoms with E-state index < -0.39 is 0 Å². The molecule has 1 amide bonds. The lowest BCUT2D eigenvalue weighted by Crippen LogP contribution is -2.10. The van der Waals surface area contributed by atoms with Gasteiger partial charge in [0.05, 0.1) is 11.4 Å². The first-order chi connectivity index (χ1) is 12.8. The van der Waals surface area contributed by atoms with Gasteiger partial charge in [-0.05, 0) is 52.2 Å². The van der Waals surface area contributed by atoms with Gasteiger partial charge >= 0.3 is 0 Å². The Morgan fingerprint density at radius 3 is 2.85 bits per heavy atom. The highest BCUT2D eigenvalue weighted by Crippen LogP contribution is 2.39. The van der Waals surface area contributed by atoms with E-state index >= 15 is 0 Å². The Hall–Kier alpha value is -2.76. The monoisotopic (exact) mass is 374 g/mol. The van der Waals surface area contributed by atoms with Crippen LogP contribution in [0.15, 0.2) is 65.0 Å². The molecule has 3 nitrogen and oxygen atoms in total. The Kier molecular flexibility index (Phi) is 3.69. The smallest absolute Gasteiger partial charge is 0.265 e. The van der Waals surface area contributed by atoms with Crippen molar-refractivity contribution in [3.8, 4) is 10.4 Å². The van der Waals surface area contributed by atoms with Crippen LogP contribution in [0.1, 0.15) is 20.8 Å². The van der Waals surface area contributed by atoms with Crippen molar-refractivity contribution in [2.24, 2.45) is 4.99 Å². The Morgan fingerprint density at radius 1 is 1.08 bits per heavy atom. The average Bonchev–Trinajstić information content (AvgIpc) is 3.39. The van der Waals surface area contributed by atoms with E-state index in [1.807, 2.05) is 29.8 Å². The third-order valence-electron chi connectivity index (χ3n) is 4.46. The minimum absolute atomic E-state index is 0.0721. The number of nitrogens with one attached hydrogen (secondary N) is 1. The minimum Gasteiger partial charge on any atom is -0.321 e. The molecule has 1 aliphatic rings. The average molecular weight is 374 g/mol. The van der Waals surface area contributed by atoms with Crippen LogP contribution in [0.4, 0.5) is 5.69 Å². The summed E-state index contributed by atoms with van der Waals surface area (Å²) in [6, 6.07) is 18.4. The Labute approximate surface area is 158 Å². The number of carbonyl (C=O) groups excluding carboxylic acids is 1. The predicted molar refractivity (Wildman–Crippen MR) is 111 cm³/mol. The molecular formula is C21H14N2OS2. The molecule has 126 valence electrons. The van der Waals surface area contributed by atoms with E-state index in [1.54, 1.807) is 11.3 Å². The summed E-state index contributed by atoms with van der Waals surface area (Å²) in [6.07, 6.45) is 1.90. The molecule has 4 aromatic rings. The molecule has 0 fully saturated rings. The predicted octanol–water partition coefficient (Wildman–Crippen LogP) is 5.81. The number of anilines is 1. The van der Waals surface area contributed by atoms with Crippen molar-refractivity contribution < 1.29 is 4.79 Å². The number of aliphatic imine (C=N–C) groups is 1. The molecule has 0 aliphatic carbocycles. The molecule has 5 rings (SSSR count). The number of amides is 1. The Balaban J connectivity index is 1.59. The van der Waals surface area contributed by atoms with Crippen LogP contribution in [-0.2, 0) is 6.54 Å². The molecular weight excluding hydrogens is 360 g/mol. The maximum atomic E-state index is 12.4. The quantitative estimate of drug-likeness (QED) is 0.483. The molecule has 0 radical (unpaired) electrons. The highest BCUT2D eigenvalue weighted by atomic mass is 32.1. The van der Waals surface area contributed by atoms with Gasteiger partial charge in [0.1, 0.15) is 0 Å². The van der Waals surface area contributed by atoms with Gasteiger partial charge in [0, 0.05) is 27.0 Å². The van der Waals surface area contributed by atoms with Gasteiger partial charge < -0.3 is 5.32 Å². The van der Waals surface area contributed by atoms with Gasteiger partial charge in [-0.2, -0.15) is 0 Å². The fourth-order valence-corrected chi connectivity index (χ4v) is 4.95. The minimum atomic E-state index is -0.0721.